The van der Waals surface area contributed by atoms with Crippen molar-refractivity contribution in [2.75, 3.05) is 0 Å². The number of carbonyl (C=O) groups is 1. The van der Waals surface area contributed by atoms with Crippen LogP contribution in [0.25, 0.3) is 0 Å². The fraction of sp³-hybridized carbons (Fsp3) is 0.167. The van der Waals surface area contributed by atoms with Crippen LogP contribution in [0, 0.1) is 18.3 Å². The lowest BCUT2D eigenvalue weighted by molar-refractivity contribution is 0.0921. The molecule has 0 heterocycles. The van der Waals surface area contributed by atoms with Crippen LogP contribution in [-0.2, 0) is 6.42 Å². The molecule has 0 fully saturated rings. The fourth-order valence-electron chi connectivity index (χ4n) is 2.14. The Morgan fingerprint density at radius 2 is 1.58 bits per heavy atom. The summed E-state index contributed by atoms with van der Waals surface area (Å²) in [6.45, 7) is 0. The molecule has 1 heteroatoms. The third kappa shape index (κ3) is 3.56. The van der Waals surface area contributed by atoms with Crippen molar-refractivity contribution >= 4 is 5.78 Å². The van der Waals surface area contributed by atoms with Gasteiger partial charge in [-0.15, -0.1) is 12.3 Å². The number of Topliss-reactive ketones (excluding diaryl/α,β-unsaturated/α-hetero) is 1. The highest BCUT2D eigenvalue weighted by atomic mass is 16.1. The van der Waals surface area contributed by atoms with Crippen LogP contribution in [0.2, 0.25) is 0 Å². The van der Waals surface area contributed by atoms with Gasteiger partial charge in [0.25, 0.3) is 0 Å². The van der Waals surface area contributed by atoms with Crippen LogP contribution >= 0.6 is 0 Å². The Bertz CT molecular complexity index is 564. The third-order valence-corrected chi connectivity index (χ3v) is 3.12. The van der Waals surface area contributed by atoms with E-state index in [2.05, 4.69) is 5.92 Å². The number of benzene rings is 2. The maximum Gasteiger partial charge on any atom is 0.167 e. The molecule has 94 valence electrons. The van der Waals surface area contributed by atoms with E-state index < -0.39 is 0 Å². The average molecular weight is 248 g/mol. The van der Waals surface area contributed by atoms with Gasteiger partial charge in [0.1, 0.15) is 0 Å². The number of ketones is 1. The first-order chi connectivity index (χ1) is 9.31. The molecular weight excluding hydrogens is 232 g/mol. The maximum atomic E-state index is 12.4. The van der Waals surface area contributed by atoms with Crippen LogP contribution in [0.5, 0.6) is 0 Å². The van der Waals surface area contributed by atoms with E-state index in [1.54, 1.807) is 0 Å². The number of carbonyl (C=O) groups excluding carboxylic acids is 1. The quantitative estimate of drug-likeness (QED) is 0.581. The second kappa shape index (κ2) is 6.56. The third-order valence-electron chi connectivity index (χ3n) is 3.12. The zero-order valence-electron chi connectivity index (χ0n) is 10.8. The molecule has 0 amide bonds. The van der Waals surface area contributed by atoms with Crippen molar-refractivity contribution in [3.63, 3.8) is 0 Å². The van der Waals surface area contributed by atoms with Gasteiger partial charge in [0, 0.05) is 17.9 Å². The van der Waals surface area contributed by atoms with Crippen LogP contribution in [0.1, 0.15) is 22.3 Å². The van der Waals surface area contributed by atoms with Gasteiger partial charge in [0.05, 0.1) is 0 Å². The summed E-state index contributed by atoms with van der Waals surface area (Å²) in [6.07, 6.45) is 6.56. The molecule has 0 aliphatic rings. The molecule has 0 bridgehead atoms. The average Bonchev–Trinajstić information content (AvgIpc) is 2.48. The Labute approximate surface area is 114 Å². The molecule has 0 aromatic heterocycles. The van der Waals surface area contributed by atoms with E-state index in [-0.39, 0.29) is 11.7 Å². The second-order valence-electron chi connectivity index (χ2n) is 4.53. The van der Waals surface area contributed by atoms with Crippen molar-refractivity contribution in [3.8, 4) is 12.3 Å². The molecule has 0 spiro atoms. The standard InChI is InChI=1S/C18H16O/c1-2-9-17(14-15-10-5-3-6-11-15)18(19)16-12-7-4-8-13-16/h1,3-8,10-13,17H,9,14H2. The van der Waals surface area contributed by atoms with Gasteiger partial charge in [-0.1, -0.05) is 60.7 Å². The fourth-order valence-corrected chi connectivity index (χ4v) is 2.14. The topological polar surface area (TPSA) is 17.1 Å². The highest BCUT2D eigenvalue weighted by Gasteiger charge is 2.19. The van der Waals surface area contributed by atoms with Gasteiger partial charge in [-0.25, -0.2) is 0 Å². The Hall–Kier alpha value is -2.33. The molecule has 2 aromatic carbocycles. The number of hydrogen-bond acceptors (Lipinski definition) is 1. The summed E-state index contributed by atoms with van der Waals surface area (Å²) >= 11 is 0. The molecule has 19 heavy (non-hydrogen) atoms. The molecule has 0 saturated carbocycles. The largest absolute Gasteiger partial charge is 0.294 e. The first-order valence-electron chi connectivity index (χ1n) is 6.38. The number of rotatable bonds is 5. The lowest BCUT2D eigenvalue weighted by Crippen LogP contribution is -2.17. The second-order valence-corrected chi connectivity index (χ2v) is 4.53. The van der Waals surface area contributed by atoms with E-state index in [0.717, 1.165) is 11.1 Å². The van der Waals surface area contributed by atoms with Crippen molar-refractivity contribution in [1.82, 2.24) is 0 Å². The summed E-state index contributed by atoms with van der Waals surface area (Å²) in [6, 6.07) is 19.3. The van der Waals surface area contributed by atoms with Crippen molar-refractivity contribution in [1.29, 1.82) is 0 Å². The van der Waals surface area contributed by atoms with Gasteiger partial charge in [-0.05, 0) is 12.0 Å². The van der Waals surface area contributed by atoms with Crippen molar-refractivity contribution in [3.05, 3.63) is 71.8 Å². The van der Waals surface area contributed by atoms with Crippen molar-refractivity contribution < 1.29 is 4.79 Å². The number of hydrogen-bond donors (Lipinski definition) is 0. The summed E-state index contributed by atoms with van der Waals surface area (Å²) < 4.78 is 0. The smallest absolute Gasteiger partial charge is 0.167 e. The monoisotopic (exact) mass is 248 g/mol. The van der Waals surface area contributed by atoms with E-state index >= 15 is 0 Å². The summed E-state index contributed by atoms with van der Waals surface area (Å²) in [5.41, 5.74) is 1.88. The van der Waals surface area contributed by atoms with Crippen LogP contribution in [0.4, 0.5) is 0 Å². The first kappa shape index (κ1) is 13.1. The van der Waals surface area contributed by atoms with Crippen LogP contribution in [-0.4, -0.2) is 5.78 Å². The predicted molar refractivity (Wildman–Crippen MR) is 77.9 cm³/mol. The summed E-state index contributed by atoms with van der Waals surface area (Å²) in [5, 5.41) is 0. The summed E-state index contributed by atoms with van der Waals surface area (Å²) in [5.74, 6) is 2.60. The molecule has 2 aromatic rings. The molecule has 1 unspecified atom stereocenters. The van der Waals surface area contributed by atoms with Gasteiger partial charge >= 0.3 is 0 Å². The summed E-state index contributed by atoms with van der Waals surface area (Å²) in [4.78, 5) is 12.4. The Balaban J connectivity index is 2.17. The molecule has 0 aliphatic carbocycles. The lowest BCUT2D eigenvalue weighted by Gasteiger charge is -2.13. The Morgan fingerprint density at radius 3 is 2.16 bits per heavy atom. The zero-order chi connectivity index (χ0) is 13.5. The SMILES string of the molecule is C#CCC(Cc1ccccc1)C(=O)c1ccccc1. The maximum absolute atomic E-state index is 12.4. The minimum atomic E-state index is -0.144. The predicted octanol–water partition coefficient (Wildman–Crippen LogP) is 3.75. The normalized spacial score (nSPS) is 11.5. The van der Waals surface area contributed by atoms with Gasteiger partial charge in [-0.2, -0.15) is 0 Å². The molecule has 1 atom stereocenters. The number of terminal acetylenes is 1. The van der Waals surface area contributed by atoms with Gasteiger partial charge in [0.15, 0.2) is 5.78 Å². The molecule has 2 rings (SSSR count). The van der Waals surface area contributed by atoms with Crippen LogP contribution in [0.15, 0.2) is 60.7 Å². The van der Waals surface area contributed by atoms with E-state index in [0.29, 0.717) is 12.8 Å². The van der Waals surface area contributed by atoms with Gasteiger partial charge < -0.3 is 0 Å². The molecule has 1 nitrogen and oxygen atoms in total. The zero-order valence-corrected chi connectivity index (χ0v) is 10.8. The van der Waals surface area contributed by atoms with E-state index in [9.17, 15) is 4.79 Å². The highest BCUT2D eigenvalue weighted by Crippen LogP contribution is 2.17. The first-order valence-corrected chi connectivity index (χ1v) is 6.38. The van der Waals surface area contributed by atoms with Crippen molar-refractivity contribution in [2.24, 2.45) is 5.92 Å². The Morgan fingerprint density at radius 1 is 1.00 bits per heavy atom. The molecule has 0 saturated heterocycles. The van der Waals surface area contributed by atoms with Gasteiger partial charge in [-0.3, -0.25) is 4.79 Å². The lowest BCUT2D eigenvalue weighted by atomic mass is 9.89. The summed E-state index contributed by atoms with van der Waals surface area (Å²) in [7, 11) is 0. The molecular formula is C18H16O. The Kier molecular flexibility index (Phi) is 4.53. The molecule has 0 N–H and O–H groups in total. The van der Waals surface area contributed by atoms with E-state index in [1.165, 1.54) is 0 Å². The van der Waals surface area contributed by atoms with Crippen LogP contribution < -0.4 is 0 Å². The van der Waals surface area contributed by atoms with E-state index in [1.807, 2.05) is 60.7 Å². The van der Waals surface area contributed by atoms with Gasteiger partial charge in [0.2, 0.25) is 0 Å². The van der Waals surface area contributed by atoms with Crippen molar-refractivity contribution in [2.45, 2.75) is 12.8 Å². The minimum absolute atomic E-state index is 0.127. The highest BCUT2D eigenvalue weighted by molar-refractivity contribution is 5.98. The molecule has 0 aliphatic heterocycles. The molecule has 0 radical (unpaired) electrons. The minimum Gasteiger partial charge on any atom is -0.294 e. The van der Waals surface area contributed by atoms with E-state index in [4.69, 9.17) is 6.42 Å². The van der Waals surface area contributed by atoms with Crippen LogP contribution in [0.3, 0.4) is 0 Å².